The topological polar surface area (TPSA) is 38.3 Å². The Morgan fingerprint density at radius 1 is 1.65 bits per heavy atom. The van der Waals surface area contributed by atoms with Gasteiger partial charge >= 0.3 is 0 Å². The summed E-state index contributed by atoms with van der Waals surface area (Å²) in [6.07, 6.45) is 1.12. The molecule has 0 saturated carbocycles. The largest absolute Gasteiger partial charge is 0.481 e. The van der Waals surface area contributed by atoms with Crippen LogP contribution in [-0.2, 0) is 4.79 Å². The number of nitrogens with one attached hydrogen (secondary N) is 1. The molecule has 1 rings (SSSR count). The molecule has 0 heterocycles. The molecule has 1 aromatic rings. The van der Waals surface area contributed by atoms with E-state index < -0.39 is 6.10 Å². The number of benzene rings is 1. The average Bonchev–Trinajstić information content (AvgIpc) is 2.30. The van der Waals surface area contributed by atoms with Gasteiger partial charge < -0.3 is 10.1 Å². The highest BCUT2D eigenvalue weighted by atomic mass is 79.9. The second-order valence-corrected chi connectivity index (χ2v) is 4.56. The molecule has 3 nitrogen and oxygen atoms in total. The van der Waals surface area contributed by atoms with Crippen molar-refractivity contribution in [3.05, 3.63) is 40.9 Å². The summed E-state index contributed by atoms with van der Waals surface area (Å²) < 4.78 is 6.56. The third-order valence-electron chi connectivity index (χ3n) is 2.23. The molecule has 0 spiro atoms. The van der Waals surface area contributed by atoms with E-state index in [2.05, 4.69) is 27.8 Å². The zero-order valence-electron chi connectivity index (χ0n) is 10.00. The van der Waals surface area contributed by atoms with Crippen LogP contribution in [0.3, 0.4) is 0 Å². The Hall–Kier alpha value is -1.29. The molecule has 4 heteroatoms. The van der Waals surface area contributed by atoms with Crippen molar-refractivity contribution in [3.8, 4) is 5.75 Å². The summed E-state index contributed by atoms with van der Waals surface area (Å²) in [4.78, 5) is 11.6. The fourth-order valence-electron chi connectivity index (χ4n) is 1.26. The van der Waals surface area contributed by atoms with E-state index in [0.29, 0.717) is 12.3 Å². The summed E-state index contributed by atoms with van der Waals surface area (Å²) in [5.41, 5.74) is 1.07. The number of carbonyl (C=O) groups excluding carboxylic acids is 1. The van der Waals surface area contributed by atoms with Crippen LogP contribution in [0.5, 0.6) is 5.75 Å². The van der Waals surface area contributed by atoms with Gasteiger partial charge in [-0.15, -0.1) is 6.58 Å². The second-order valence-electron chi connectivity index (χ2n) is 3.70. The van der Waals surface area contributed by atoms with Crippen molar-refractivity contribution < 1.29 is 9.53 Å². The Balaban J connectivity index is 2.61. The van der Waals surface area contributed by atoms with Gasteiger partial charge in [-0.3, -0.25) is 4.79 Å². The minimum Gasteiger partial charge on any atom is -0.481 e. The van der Waals surface area contributed by atoms with Crippen LogP contribution in [0.4, 0.5) is 0 Å². The van der Waals surface area contributed by atoms with Crippen molar-refractivity contribution in [3.63, 3.8) is 0 Å². The molecule has 1 N–H and O–H groups in total. The van der Waals surface area contributed by atoms with Gasteiger partial charge in [-0.1, -0.05) is 22.0 Å². The van der Waals surface area contributed by atoms with Crippen molar-refractivity contribution in [1.29, 1.82) is 0 Å². The third-order valence-corrected chi connectivity index (χ3v) is 3.12. The maximum Gasteiger partial charge on any atom is 0.261 e. The van der Waals surface area contributed by atoms with Crippen LogP contribution in [0, 0.1) is 6.92 Å². The summed E-state index contributed by atoms with van der Waals surface area (Å²) in [6.45, 7) is 7.68. The molecule has 92 valence electrons. The van der Waals surface area contributed by atoms with E-state index in [1.54, 1.807) is 13.0 Å². The predicted molar refractivity (Wildman–Crippen MR) is 72.2 cm³/mol. The Bertz CT molecular complexity index is 418. The molecule has 0 fully saturated rings. The van der Waals surface area contributed by atoms with Gasteiger partial charge in [-0.25, -0.2) is 0 Å². The van der Waals surface area contributed by atoms with Crippen LogP contribution < -0.4 is 10.1 Å². The lowest BCUT2D eigenvalue weighted by atomic mass is 10.2. The Morgan fingerprint density at radius 2 is 2.35 bits per heavy atom. The van der Waals surface area contributed by atoms with Gasteiger partial charge in [-0.2, -0.15) is 0 Å². The average molecular weight is 298 g/mol. The SMILES string of the molecule is C=CCNC(=O)C(C)Oc1ccc(Br)c(C)c1. The number of hydrogen-bond donors (Lipinski definition) is 1. The quantitative estimate of drug-likeness (QED) is 0.849. The Kier molecular flexibility index (Phi) is 5.22. The summed E-state index contributed by atoms with van der Waals surface area (Å²) in [5, 5.41) is 2.69. The Labute approximate surface area is 110 Å². The lowest BCUT2D eigenvalue weighted by molar-refractivity contribution is -0.127. The van der Waals surface area contributed by atoms with E-state index in [1.807, 2.05) is 25.1 Å². The highest BCUT2D eigenvalue weighted by Gasteiger charge is 2.13. The molecule has 0 aromatic heterocycles. The molecule has 0 aliphatic heterocycles. The van der Waals surface area contributed by atoms with Gasteiger partial charge in [0.2, 0.25) is 0 Å². The summed E-state index contributed by atoms with van der Waals surface area (Å²) in [5.74, 6) is 0.539. The molecule has 0 radical (unpaired) electrons. The zero-order chi connectivity index (χ0) is 12.8. The van der Waals surface area contributed by atoms with E-state index in [-0.39, 0.29) is 5.91 Å². The van der Waals surface area contributed by atoms with Crippen molar-refractivity contribution >= 4 is 21.8 Å². The van der Waals surface area contributed by atoms with Gasteiger partial charge in [0.1, 0.15) is 5.75 Å². The molecule has 1 amide bonds. The van der Waals surface area contributed by atoms with Crippen LogP contribution in [0.2, 0.25) is 0 Å². The monoisotopic (exact) mass is 297 g/mol. The molecule has 1 unspecified atom stereocenters. The third kappa shape index (κ3) is 4.23. The van der Waals surface area contributed by atoms with Crippen molar-refractivity contribution in [1.82, 2.24) is 5.32 Å². The first-order valence-electron chi connectivity index (χ1n) is 5.36. The van der Waals surface area contributed by atoms with Gasteiger partial charge in [0.15, 0.2) is 6.10 Å². The normalized spacial score (nSPS) is 11.7. The van der Waals surface area contributed by atoms with Crippen LogP contribution in [-0.4, -0.2) is 18.6 Å². The molecule has 17 heavy (non-hydrogen) atoms. The van der Waals surface area contributed by atoms with Crippen molar-refractivity contribution in [2.24, 2.45) is 0 Å². The summed E-state index contributed by atoms with van der Waals surface area (Å²) >= 11 is 3.41. The molecule has 0 bridgehead atoms. The molecule has 0 saturated heterocycles. The Morgan fingerprint density at radius 3 is 2.94 bits per heavy atom. The summed E-state index contributed by atoms with van der Waals surface area (Å²) in [7, 11) is 0. The summed E-state index contributed by atoms with van der Waals surface area (Å²) in [6, 6.07) is 5.62. The van der Waals surface area contributed by atoms with Gasteiger partial charge in [0.05, 0.1) is 0 Å². The fraction of sp³-hybridized carbons (Fsp3) is 0.308. The number of halogens is 1. The molecule has 1 atom stereocenters. The van der Waals surface area contributed by atoms with E-state index in [9.17, 15) is 4.79 Å². The van der Waals surface area contributed by atoms with E-state index in [0.717, 1.165) is 10.0 Å². The predicted octanol–water partition coefficient (Wildman–Crippen LogP) is 2.83. The van der Waals surface area contributed by atoms with Gasteiger partial charge in [0.25, 0.3) is 5.91 Å². The standard InChI is InChI=1S/C13H16BrNO2/c1-4-7-15-13(16)10(3)17-11-5-6-12(14)9(2)8-11/h4-6,8,10H,1,7H2,2-3H3,(H,15,16). The first-order chi connectivity index (χ1) is 8.04. The van der Waals surface area contributed by atoms with Crippen LogP contribution in [0.25, 0.3) is 0 Å². The molecule has 1 aromatic carbocycles. The van der Waals surface area contributed by atoms with E-state index in [1.165, 1.54) is 0 Å². The maximum absolute atomic E-state index is 11.6. The first-order valence-corrected chi connectivity index (χ1v) is 6.15. The minimum atomic E-state index is -0.518. The second kappa shape index (κ2) is 6.45. The highest BCUT2D eigenvalue weighted by Crippen LogP contribution is 2.22. The van der Waals surface area contributed by atoms with Gasteiger partial charge in [-0.05, 0) is 37.6 Å². The number of rotatable bonds is 5. The molecule has 0 aliphatic rings. The maximum atomic E-state index is 11.6. The zero-order valence-corrected chi connectivity index (χ0v) is 11.6. The minimum absolute atomic E-state index is 0.148. The van der Waals surface area contributed by atoms with E-state index >= 15 is 0 Å². The van der Waals surface area contributed by atoms with Crippen molar-refractivity contribution in [2.75, 3.05) is 6.54 Å². The first kappa shape index (κ1) is 13.8. The van der Waals surface area contributed by atoms with Gasteiger partial charge in [0, 0.05) is 11.0 Å². The number of amides is 1. The van der Waals surface area contributed by atoms with Crippen molar-refractivity contribution in [2.45, 2.75) is 20.0 Å². The van der Waals surface area contributed by atoms with Crippen LogP contribution >= 0.6 is 15.9 Å². The molecule has 0 aliphatic carbocycles. The number of ether oxygens (including phenoxy) is 1. The lowest BCUT2D eigenvalue weighted by Gasteiger charge is -2.14. The van der Waals surface area contributed by atoms with Crippen LogP contribution in [0.1, 0.15) is 12.5 Å². The molecular weight excluding hydrogens is 282 g/mol. The lowest BCUT2D eigenvalue weighted by Crippen LogP contribution is -2.36. The smallest absolute Gasteiger partial charge is 0.261 e. The fourth-order valence-corrected chi connectivity index (χ4v) is 1.51. The number of carbonyl (C=O) groups is 1. The molecular formula is C13H16BrNO2. The highest BCUT2D eigenvalue weighted by molar-refractivity contribution is 9.10. The number of aryl methyl sites for hydroxylation is 1. The van der Waals surface area contributed by atoms with E-state index in [4.69, 9.17) is 4.74 Å². The number of hydrogen-bond acceptors (Lipinski definition) is 2. The van der Waals surface area contributed by atoms with Crippen LogP contribution in [0.15, 0.2) is 35.3 Å².